The minimum atomic E-state index is 0.0366. The highest BCUT2D eigenvalue weighted by Gasteiger charge is 2.21. The number of carbonyl (C=O) groups excluding carboxylic acids is 1. The summed E-state index contributed by atoms with van der Waals surface area (Å²) in [5.41, 5.74) is 1.87. The lowest BCUT2D eigenvalue weighted by atomic mass is 10.2. The predicted molar refractivity (Wildman–Crippen MR) is 89.6 cm³/mol. The summed E-state index contributed by atoms with van der Waals surface area (Å²) in [6.45, 7) is 0.678. The maximum atomic E-state index is 12.2. The van der Waals surface area contributed by atoms with Crippen LogP contribution in [0.5, 0.6) is 0 Å². The monoisotopic (exact) mass is 310 g/mol. The van der Waals surface area contributed by atoms with Gasteiger partial charge in [0.1, 0.15) is 5.69 Å². The van der Waals surface area contributed by atoms with E-state index in [1.165, 1.54) is 18.4 Å². The highest BCUT2D eigenvalue weighted by atomic mass is 16.2. The Hall–Kier alpha value is -2.43. The van der Waals surface area contributed by atoms with Crippen molar-refractivity contribution in [2.24, 2.45) is 0 Å². The first-order valence-electron chi connectivity index (χ1n) is 8.11. The quantitative estimate of drug-likeness (QED) is 0.798. The number of carbonyl (C=O) groups is 1. The van der Waals surface area contributed by atoms with E-state index in [1.54, 1.807) is 16.8 Å². The second kappa shape index (κ2) is 7.22. The molecule has 1 aliphatic rings. The van der Waals surface area contributed by atoms with Crippen molar-refractivity contribution in [1.82, 2.24) is 19.9 Å². The van der Waals surface area contributed by atoms with Gasteiger partial charge in [-0.25, -0.2) is 4.68 Å². The summed E-state index contributed by atoms with van der Waals surface area (Å²) in [4.78, 5) is 14.0. The van der Waals surface area contributed by atoms with Crippen LogP contribution in [0.3, 0.4) is 0 Å². The number of hydrogen-bond donors (Lipinski definition) is 0. The molecule has 1 aliphatic carbocycles. The average Bonchev–Trinajstić information content (AvgIpc) is 3.25. The number of hydrogen-bond acceptors (Lipinski definition) is 3. The lowest BCUT2D eigenvalue weighted by Gasteiger charge is -2.22. The standard InChI is InChI=1S/C18H22N4O/c1-21(17-9-5-6-10-17)18(23)12-11-16-14-22(20-19-16)13-15-7-3-2-4-8-15/h2-4,7-8,11-12,14,17H,5-6,9-10,13H2,1H3. The molecule has 0 saturated heterocycles. The van der Waals surface area contributed by atoms with Crippen LogP contribution in [0.15, 0.2) is 42.6 Å². The first kappa shape index (κ1) is 15.5. The Balaban J connectivity index is 1.58. The SMILES string of the molecule is CN(C(=O)C=Cc1cn(Cc2ccccc2)nn1)C1CCCC1. The molecule has 1 aromatic carbocycles. The molecule has 0 bridgehead atoms. The number of benzene rings is 1. The summed E-state index contributed by atoms with van der Waals surface area (Å²) in [5, 5.41) is 8.20. The number of rotatable bonds is 5. The van der Waals surface area contributed by atoms with Gasteiger partial charge < -0.3 is 4.90 Å². The summed E-state index contributed by atoms with van der Waals surface area (Å²) in [6, 6.07) is 10.5. The summed E-state index contributed by atoms with van der Waals surface area (Å²) in [7, 11) is 1.88. The topological polar surface area (TPSA) is 51.0 Å². The Kier molecular flexibility index (Phi) is 4.86. The third-order valence-electron chi connectivity index (χ3n) is 4.36. The van der Waals surface area contributed by atoms with Gasteiger partial charge >= 0.3 is 0 Å². The maximum absolute atomic E-state index is 12.2. The second-order valence-corrected chi connectivity index (χ2v) is 6.05. The lowest BCUT2D eigenvalue weighted by Crippen LogP contribution is -2.33. The van der Waals surface area contributed by atoms with Crippen molar-refractivity contribution in [3.05, 3.63) is 53.9 Å². The van der Waals surface area contributed by atoms with E-state index < -0.39 is 0 Å². The molecule has 1 saturated carbocycles. The zero-order valence-corrected chi connectivity index (χ0v) is 13.4. The molecule has 0 spiro atoms. The van der Waals surface area contributed by atoms with Crippen LogP contribution in [0.1, 0.15) is 36.9 Å². The first-order valence-corrected chi connectivity index (χ1v) is 8.11. The average molecular weight is 310 g/mol. The van der Waals surface area contributed by atoms with Gasteiger partial charge in [0.25, 0.3) is 0 Å². The minimum Gasteiger partial charge on any atom is -0.339 e. The molecule has 0 atom stereocenters. The molecule has 1 heterocycles. The van der Waals surface area contributed by atoms with Crippen molar-refractivity contribution >= 4 is 12.0 Å². The molecule has 0 N–H and O–H groups in total. The van der Waals surface area contributed by atoms with Crippen LogP contribution in [-0.4, -0.2) is 38.9 Å². The van der Waals surface area contributed by atoms with E-state index in [9.17, 15) is 4.79 Å². The van der Waals surface area contributed by atoms with E-state index in [4.69, 9.17) is 0 Å². The number of amides is 1. The number of likely N-dealkylation sites (N-methyl/N-ethyl adjacent to an activating group) is 1. The van der Waals surface area contributed by atoms with Crippen molar-refractivity contribution in [3.63, 3.8) is 0 Å². The summed E-state index contributed by atoms with van der Waals surface area (Å²) in [6.07, 6.45) is 9.86. The van der Waals surface area contributed by atoms with Gasteiger partial charge in [-0.1, -0.05) is 48.4 Å². The Morgan fingerprint density at radius 2 is 2.04 bits per heavy atom. The molecular weight excluding hydrogens is 288 g/mol. The minimum absolute atomic E-state index is 0.0366. The molecule has 0 unspecified atom stereocenters. The van der Waals surface area contributed by atoms with Gasteiger partial charge in [0.15, 0.2) is 0 Å². The molecular formula is C18H22N4O. The van der Waals surface area contributed by atoms with Crippen molar-refractivity contribution in [1.29, 1.82) is 0 Å². The highest BCUT2D eigenvalue weighted by Crippen LogP contribution is 2.22. The van der Waals surface area contributed by atoms with Crippen LogP contribution in [0.2, 0.25) is 0 Å². The predicted octanol–water partition coefficient (Wildman–Crippen LogP) is 2.74. The molecule has 5 nitrogen and oxygen atoms in total. The summed E-state index contributed by atoms with van der Waals surface area (Å²) >= 11 is 0. The second-order valence-electron chi connectivity index (χ2n) is 6.05. The molecule has 2 aromatic rings. The van der Waals surface area contributed by atoms with Gasteiger partial charge in [0, 0.05) is 19.2 Å². The molecule has 5 heteroatoms. The Labute approximate surface area is 136 Å². The number of nitrogens with zero attached hydrogens (tertiary/aromatic N) is 4. The van der Waals surface area contributed by atoms with Crippen LogP contribution in [-0.2, 0) is 11.3 Å². The zero-order valence-electron chi connectivity index (χ0n) is 13.4. The van der Waals surface area contributed by atoms with Crippen molar-refractivity contribution in [2.45, 2.75) is 38.3 Å². The molecule has 1 amide bonds. The molecule has 1 fully saturated rings. The van der Waals surface area contributed by atoms with Gasteiger partial charge in [-0.3, -0.25) is 4.79 Å². The Morgan fingerprint density at radius 1 is 1.30 bits per heavy atom. The Bertz CT molecular complexity index is 671. The lowest BCUT2D eigenvalue weighted by molar-refractivity contribution is -0.126. The van der Waals surface area contributed by atoms with Crippen LogP contribution in [0.4, 0.5) is 0 Å². The van der Waals surface area contributed by atoms with E-state index in [0.717, 1.165) is 12.8 Å². The Morgan fingerprint density at radius 3 is 2.78 bits per heavy atom. The van der Waals surface area contributed by atoms with Gasteiger partial charge in [-0.2, -0.15) is 0 Å². The molecule has 0 aliphatic heterocycles. The smallest absolute Gasteiger partial charge is 0.246 e. The van der Waals surface area contributed by atoms with E-state index >= 15 is 0 Å². The van der Waals surface area contributed by atoms with Crippen LogP contribution in [0, 0.1) is 0 Å². The van der Waals surface area contributed by atoms with Crippen LogP contribution < -0.4 is 0 Å². The fourth-order valence-corrected chi connectivity index (χ4v) is 2.98. The van der Waals surface area contributed by atoms with E-state index in [-0.39, 0.29) is 5.91 Å². The normalized spacial score (nSPS) is 15.3. The third-order valence-corrected chi connectivity index (χ3v) is 4.36. The molecule has 120 valence electrons. The fourth-order valence-electron chi connectivity index (χ4n) is 2.98. The van der Waals surface area contributed by atoms with Crippen molar-refractivity contribution in [3.8, 4) is 0 Å². The summed E-state index contributed by atoms with van der Waals surface area (Å²) in [5.74, 6) is 0.0366. The van der Waals surface area contributed by atoms with Gasteiger partial charge in [-0.05, 0) is 24.5 Å². The molecule has 3 rings (SSSR count). The van der Waals surface area contributed by atoms with Crippen molar-refractivity contribution < 1.29 is 4.79 Å². The van der Waals surface area contributed by atoms with Gasteiger partial charge in [-0.15, -0.1) is 5.10 Å². The fraction of sp³-hybridized carbons (Fsp3) is 0.389. The van der Waals surface area contributed by atoms with Gasteiger partial charge in [0.2, 0.25) is 5.91 Å². The maximum Gasteiger partial charge on any atom is 0.246 e. The molecule has 1 aromatic heterocycles. The number of aromatic nitrogens is 3. The summed E-state index contributed by atoms with van der Waals surface area (Å²) < 4.78 is 1.78. The first-order chi connectivity index (χ1) is 11.2. The highest BCUT2D eigenvalue weighted by molar-refractivity contribution is 5.91. The molecule has 23 heavy (non-hydrogen) atoms. The zero-order chi connectivity index (χ0) is 16.1. The third kappa shape index (κ3) is 4.06. The van der Waals surface area contributed by atoms with E-state index in [2.05, 4.69) is 22.4 Å². The van der Waals surface area contributed by atoms with Crippen molar-refractivity contribution in [2.75, 3.05) is 7.05 Å². The van der Waals surface area contributed by atoms with E-state index in [1.807, 2.05) is 36.3 Å². The van der Waals surface area contributed by atoms with Crippen LogP contribution in [0.25, 0.3) is 6.08 Å². The van der Waals surface area contributed by atoms with Gasteiger partial charge in [0.05, 0.1) is 12.7 Å². The largest absolute Gasteiger partial charge is 0.339 e. The van der Waals surface area contributed by atoms with Crippen LogP contribution >= 0.6 is 0 Å². The molecule has 0 radical (unpaired) electrons. The van der Waals surface area contributed by atoms with E-state index in [0.29, 0.717) is 18.3 Å².